The number of halogens is 1. The minimum Gasteiger partial charge on any atom is -0.508 e. The zero-order chi connectivity index (χ0) is 18.4. The molecule has 7 heteroatoms. The van der Waals surface area contributed by atoms with Crippen LogP contribution in [0.25, 0.3) is 0 Å². The Balaban J connectivity index is 2.47. The second-order valence-electron chi connectivity index (χ2n) is 5.47. The zero-order valence-corrected chi connectivity index (χ0v) is 17.6. The molecule has 136 valence electrons. The van der Waals surface area contributed by atoms with Gasteiger partial charge in [-0.2, -0.15) is 0 Å². The molecule has 0 aromatic heterocycles. The Hall–Kier alpha value is -1.08. The van der Waals surface area contributed by atoms with Gasteiger partial charge in [0.2, 0.25) is 0 Å². The topological polar surface area (TPSA) is 67.8 Å². The minimum atomic E-state index is -3.46. The Labute approximate surface area is 162 Å². The Bertz CT molecular complexity index is 741. The summed E-state index contributed by atoms with van der Waals surface area (Å²) in [6, 6.07) is 12.5. The van der Waals surface area contributed by atoms with Gasteiger partial charge in [-0.25, -0.2) is 0 Å². The van der Waals surface area contributed by atoms with Gasteiger partial charge in [0.15, 0.2) is 5.78 Å². The number of hydrogen-bond acceptors (Lipinski definition) is 5. The lowest BCUT2D eigenvalue weighted by Gasteiger charge is -2.28. The summed E-state index contributed by atoms with van der Waals surface area (Å²) in [6.07, 6.45) is 0. The Morgan fingerprint density at radius 2 is 1.72 bits per heavy atom. The fraction of sp³-hybridized carbons (Fsp3) is 0.333. The highest BCUT2D eigenvalue weighted by molar-refractivity contribution is 14.1. The van der Waals surface area contributed by atoms with E-state index >= 15 is 0 Å². The molecule has 0 fully saturated rings. The Morgan fingerprint density at radius 1 is 1.12 bits per heavy atom. The summed E-state index contributed by atoms with van der Waals surface area (Å²) in [6.45, 7) is 6.12. The summed E-state index contributed by atoms with van der Waals surface area (Å²) in [7, 11) is -3.46. The highest BCUT2D eigenvalue weighted by Crippen LogP contribution is 2.61. The molecule has 1 atom stereocenters. The molecule has 0 aliphatic carbocycles. The number of phenols is 1. The third-order valence-corrected chi connectivity index (χ3v) is 6.59. The number of aryl methyl sites for hydroxylation is 1. The number of rotatable bonds is 8. The van der Waals surface area contributed by atoms with Gasteiger partial charge in [0.25, 0.3) is 0 Å². The maximum Gasteiger partial charge on any atom is 0.357 e. The second-order valence-corrected chi connectivity index (χ2v) is 8.83. The molecule has 5 nitrogen and oxygen atoms in total. The number of hydrogen-bond donors (Lipinski definition) is 2. The van der Waals surface area contributed by atoms with Crippen LogP contribution in [0.3, 0.4) is 0 Å². The molecule has 0 spiro atoms. The maximum absolute atomic E-state index is 13.4. The van der Waals surface area contributed by atoms with Gasteiger partial charge in [-0.3, -0.25) is 4.57 Å². The van der Waals surface area contributed by atoms with Crippen molar-refractivity contribution in [1.82, 2.24) is 0 Å². The van der Waals surface area contributed by atoms with E-state index in [1.165, 1.54) is 0 Å². The van der Waals surface area contributed by atoms with E-state index in [2.05, 4.69) is 27.9 Å². The smallest absolute Gasteiger partial charge is 0.357 e. The van der Waals surface area contributed by atoms with Gasteiger partial charge in [-0.1, -0.05) is 12.1 Å². The quantitative estimate of drug-likeness (QED) is 0.380. The molecule has 0 saturated carbocycles. The first-order valence-electron chi connectivity index (χ1n) is 8.10. The SMILES string of the molecule is CCOP(=O)(OCC)C(Nc1ccc(I)cc1C)c1ccc(O)cc1. The molecule has 0 heterocycles. The average Bonchev–Trinajstić information content (AvgIpc) is 2.55. The lowest BCUT2D eigenvalue weighted by molar-refractivity contribution is 0.214. The predicted octanol–water partition coefficient (Wildman–Crippen LogP) is 5.68. The van der Waals surface area contributed by atoms with E-state index in [1.54, 1.807) is 38.1 Å². The molecule has 2 aromatic carbocycles. The van der Waals surface area contributed by atoms with Crippen LogP contribution in [0.4, 0.5) is 5.69 Å². The van der Waals surface area contributed by atoms with Crippen molar-refractivity contribution in [2.75, 3.05) is 18.5 Å². The van der Waals surface area contributed by atoms with Gasteiger partial charge in [0.1, 0.15) is 5.75 Å². The predicted molar refractivity (Wildman–Crippen MR) is 109 cm³/mol. The molecule has 1 unspecified atom stereocenters. The summed E-state index contributed by atoms with van der Waals surface area (Å²) in [5, 5.41) is 12.9. The standard InChI is InChI=1S/C18H23INO4P/c1-4-23-25(22,24-5-2)18(14-6-9-16(21)10-7-14)20-17-11-8-15(19)12-13(17)3/h6-12,18,20-21H,4-5H2,1-3H3. The van der Waals surface area contributed by atoms with Crippen LogP contribution in [-0.2, 0) is 13.6 Å². The van der Waals surface area contributed by atoms with Gasteiger partial charge >= 0.3 is 7.60 Å². The minimum absolute atomic E-state index is 0.149. The van der Waals surface area contributed by atoms with Crippen LogP contribution in [0.1, 0.15) is 30.8 Å². The monoisotopic (exact) mass is 475 g/mol. The number of aromatic hydroxyl groups is 1. The molecular formula is C18H23INO4P. The number of nitrogens with one attached hydrogen (secondary N) is 1. The summed E-state index contributed by atoms with van der Waals surface area (Å²) >= 11 is 2.25. The van der Waals surface area contributed by atoms with Gasteiger partial charge in [-0.15, -0.1) is 0 Å². The molecule has 2 aromatic rings. The van der Waals surface area contributed by atoms with Crippen molar-refractivity contribution < 1.29 is 18.7 Å². The zero-order valence-electron chi connectivity index (χ0n) is 14.5. The fourth-order valence-corrected chi connectivity index (χ4v) is 5.06. The lowest BCUT2D eigenvalue weighted by Crippen LogP contribution is -2.16. The van der Waals surface area contributed by atoms with E-state index < -0.39 is 13.4 Å². The highest BCUT2D eigenvalue weighted by Gasteiger charge is 2.37. The molecule has 0 aliphatic rings. The maximum atomic E-state index is 13.4. The molecule has 2 rings (SSSR count). The summed E-state index contributed by atoms with van der Waals surface area (Å²) < 4.78 is 25.7. The van der Waals surface area contributed by atoms with Crippen molar-refractivity contribution in [2.45, 2.75) is 26.6 Å². The van der Waals surface area contributed by atoms with E-state index in [-0.39, 0.29) is 19.0 Å². The largest absolute Gasteiger partial charge is 0.508 e. The van der Waals surface area contributed by atoms with Gasteiger partial charge in [0, 0.05) is 9.26 Å². The van der Waals surface area contributed by atoms with Gasteiger partial charge in [-0.05, 0) is 84.8 Å². The van der Waals surface area contributed by atoms with Crippen molar-refractivity contribution in [3.05, 3.63) is 57.2 Å². The van der Waals surface area contributed by atoms with Crippen LogP contribution in [-0.4, -0.2) is 18.3 Å². The molecule has 2 N–H and O–H groups in total. The fourth-order valence-electron chi connectivity index (χ4n) is 2.48. The first-order valence-corrected chi connectivity index (χ1v) is 10.8. The number of benzene rings is 2. The van der Waals surface area contributed by atoms with Crippen LogP contribution >= 0.6 is 30.2 Å². The van der Waals surface area contributed by atoms with Crippen molar-refractivity contribution in [2.24, 2.45) is 0 Å². The first-order chi connectivity index (χ1) is 11.9. The summed E-state index contributed by atoms with van der Waals surface area (Å²) in [5.74, 6) is -0.526. The van der Waals surface area contributed by atoms with Crippen LogP contribution in [0.2, 0.25) is 0 Å². The van der Waals surface area contributed by atoms with E-state index in [0.717, 1.165) is 20.4 Å². The second kappa shape index (κ2) is 9.03. The Kier molecular flexibility index (Phi) is 7.31. The Morgan fingerprint density at radius 3 is 2.24 bits per heavy atom. The average molecular weight is 475 g/mol. The lowest BCUT2D eigenvalue weighted by atomic mass is 10.1. The summed E-state index contributed by atoms with van der Waals surface area (Å²) in [5.41, 5.74) is 2.62. The van der Waals surface area contributed by atoms with E-state index in [0.29, 0.717) is 0 Å². The van der Waals surface area contributed by atoms with Crippen LogP contribution in [0, 0.1) is 10.5 Å². The van der Waals surface area contributed by atoms with Crippen molar-refractivity contribution in [3.8, 4) is 5.75 Å². The molecule has 0 aliphatic heterocycles. The number of anilines is 1. The number of phenolic OH excluding ortho intramolecular Hbond substituents is 1. The van der Waals surface area contributed by atoms with E-state index in [1.807, 2.05) is 25.1 Å². The third-order valence-electron chi connectivity index (χ3n) is 3.62. The first kappa shape index (κ1) is 20.2. The van der Waals surface area contributed by atoms with Crippen LogP contribution in [0.5, 0.6) is 5.75 Å². The van der Waals surface area contributed by atoms with Gasteiger partial charge < -0.3 is 19.5 Å². The van der Waals surface area contributed by atoms with Crippen molar-refractivity contribution >= 4 is 35.9 Å². The molecule has 0 amide bonds. The van der Waals surface area contributed by atoms with E-state index in [9.17, 15) is 9.67 Å². The van der Waals surface area contributed by atoms with Crippen molar-refractivity contribution in [3.63, 3.8) is 0 Å². The normalized spacial score (nSPS) is 12.8. The van der Waals surface area contributed by atoms with Gasteiger partial charge in [0.05, 0.1) is 13.2 Å². The van der Waals surface area contributed by atoms with Crippen molar-refractivity contribution in [1.29, 1.82) is 0 Å². The molecule has 0 radical (unpaired) electrons. The third kappa shape index (κ3) is 5.20. The molecule has 0 bridgehead atoms. The highest BCUT2D eigenvalue weighted by atomic mass is 127. The van der Waals surface area contributed by atoms with Crippen LogP contribution in [0.15, 0.2) is 42.5 Å². The summed E-state index contributed by atoms with van der Waals surface area (Å²) in [4.78, 5) is 0. The molecule has 0 saturated heterocycles. The van der Waals surface area contributed by atoms with E-state index in [4.69, 9.17) is 9.05 Å². The molecular weight excluding hydrogens is 452 g/mol. The van der Waals surface area contributed by atoms with Crippen LogP contribution < -0.4 is 5.32 Å². The molecule has 25 heavy (non-hydrogen) atoms.